The van der Waals surface area contributed by atoms with Crippen LogP contribution in [-0.2, 0) is 24.3 Å². The third kappa shape index (κ3) is 5.55. The summed E-state index contributed by atoms with van der Waals surface area (Å²) in [6.45, 7) is 1.09. The minimum absolute atomic E-state index is 0.0222. The first kappa shape index (κ1) is 23.5. The predicted molar refractivity (Wildman–Crippen MR) is 117 cm³/mol. The average molecular weight is 464 g/mol. The maximum atomic E-state index is 13.0. The molecule has 1 fully saturated rings. The van der Waals surface area contributed by atoms with E-state index >= 15 is 0 Å². The van der Waals surface area contributed by atoms with Crippen molar-refractivity contribution in [3.05, 3.63) is 48.0 Å². The van der Waals surface area contributed by atoms with Crippen molar-refractivity contribution in [1.29, 1.82) is 0 Å². The Hall–Kier alpha value is -3.15. The zero-order valence-electron chi connectivity index (χ0n) is 17.8. The molecule has 2 N–H and O–H groups in total. The van der Waals surface area contributed by atoms with Gasteiger partial charge in [0.25, 0.3) is 0 Å². The average Bonchev–Trinajstić information content (AvgIpc) is 2.83. The molecule has 1 amide bonds. The van der Waals surface area contributed by atoms with Crippen molar-refractivity contribution in [3.8, 4) is 5.75 Å². The number of anilines is 2. The van der Waals surface area contributed by atoms with E-state index in [2.05, 4.69) is 15.4 Å². The molecular weight excluding hydrogens is 438 g/mol. The van der Waals surface area contributed by atoms with Crippen LogP contribution in [0.5, 0.6) is 5.75 Å². The third-order valence-electron chi connectivity index (χ3n) is 4.79. The molecular formula is C21H25N3O7S. The van der Waals surface area contributed by atoms with Crippen molar-refractivity contribution in [1.82, 2.24) is 4.31 Å². The molecule has 2 aromatic rings. The van der Waals surface area contributed by atoms with E-state index in [9.17, 15) is 18.0 Å². The van der Waals surface area contributed by atoms with Gasteiger partial charge in [-0.05, 0) is 42.5 Å². The quantitative estimate of drug-likeness (QED) is 0.566. The number of methoxy groups -OCH3 is 2. The fourth-order valence-electron chi connectivity index (χ4n) is 3.11. The van der Waals surface area contributed by atoms with Gasteiger partial charge in [0, 0.05) is 24.5 Å². The van der Waals surface area contributed by atoms with Crippen LogP contribution in [0.3, 0.4) is 0 Å². The lowest BCUT2D eigenvalue weighted by Gasteiger charge is -2.26. The molecule has 0 spiro atoms. The number of amides is 1. The molecule has 0 radical (unpaired) electrons. The van der Waals surface area contributed by atoms with E-state index in [1.165, 1.54) is 30.7 Å². The van der Waals surface area contributed by atoms with Crippen LogP contribution in [0.25, 0.3) is 0 Å². The molecule has 0 bridgehead atoms. The Morgan fingerprint density at radius 2 is 1.69 bits per heavy atom. The van der Waals surface area contributed by atoms with Gasteiger partial charge in [0.2, 0.25) is 15.9 Å². The van der Waals surface area contributed by atoms with Crippen molar-refractivity contribution in [2.75, 3.05) is 57.7 Å². The van der Waals surface area contributed by atoms with E-state index in [1.54, 1.807) is 30.3 Å². The third-order valence-corrected chi connectivity index (χ3v) is 6.71. The molecule has 1 aliphatic rings. The number of hydrogen-bond acceptors (Lipinski definition) is 8. The molecule has 0 aromatic heterocycles. The SMILES string of the molecule is COC(=O)c1ccc(NCC(=O)Nc2ccc(OC)c(S(=O)(=O)N3CCOCC3)c2)cc1. The number of ether oxygens (including phenoxy) is 3. The molecule has 2 aromatic carbocycles. The Kier molecular flexibility index (Phi) is 7.67. The number of rotatable bonds is 8. The van der Waals surface area contributed by atoms with Gasteiger partial charge in [-0.2, -0.15) is 4.31 Å². The van der Waals surface area contributed by atoms with Crippen molar-refractivity contribution in [2.24, 2.45) is 0 Å². The highest BCUT2D eigenvalue weighted by Gasteiger charge is 2.29. The standard InChI is InChI=1S/C21H25N3O7S/c1-29-18-8-7-17(13-19(18)32(27,28)24-9-11-31-12-10-24)23-20(25)14-22-16-5-3-15(4-6-16)21(26)30-2/h3-8,13,22H,9-12,14H2,1-2H3,(H,23,25). The second-order valence-corrected chi connectivity index (χ2v) is 8.76. The van der Waals surface area contributed by atoms with E-state index in [4.69, 9.17) is 9.47 Å². The Labute approximate surface area is 186 Å². The summed E-state index contributed by atoms with van der Waals surface area (Å²) in [7, 11) is -1.12. The highest BCUT2D eigenvalue weighted by Crippen LogP contribution is 2.30. The Morgan fingerprint density at radius 1 is 1.03 bits per heavy atom. The largest absolute Gasteiger partial charge is 0.495 e. The summed E-state index contributed by atoms with van der Waals surface area (Å²) >= 11 is 0. The lowest BCUT2D eigenvalue weighted by atomic mass is 10.2. The number of hydrogen-bond donors (Lipinski definition) is 2. The minimum Gasteiger partial charge on any atom is -0.495 e. The Balaban J connectivity index is 1.67. The van der Waals surface area contributed by atoms with E-state index < -0.39 is 16.0 Å². The van der Waals surface area contributed by atoms with Gasteiger partial charge < -0.3 is 24.8 Å². The minimum atomic E-state index is -3.81. The van der Waals surface area contributed by atoms with Crippen molar-refractivity contribution < 1.29 is 32.2 Å². The van der Waals surface area contributed by atoms with Gasteiger partial charge in [-0.1, -0.05) is 0 Å². The Morgan fingerprint density at radius 3 is 2.31 bits per heavy atom. The number of carbonyl (C=O) groups excluding carboxylic acids is 2. The van der Waals surface area contributed by atoms with Crippen LogP contribution in [0.15, 0.2) is 47.4 Å². The molecule has 1 aliphatic heterocycles. The molecule has 0 aliphatic carbocycles. The smallest absolute Gasteiger partial charge is 0.337 e. The van der Waals surface area contributed by atoms with Crippen LogP contribution in [0, 0.1) is 0 Å². The predicted octanol–water partition coefficient (Wildman–Crippen LogP) is 1.55. The second-order valence-electron chi connectivity index (χ2n) is 6.85. The zero-order valence-corrected chi connectivity index (χ0v) is 18.6. The van der Waals surface area contributed by atoms with Crippen LogP contribution < -0.4 is 15.4 Å². The van der Waals surface area contributed by atoms with Crippen LogP contribution >= 0.6 is 0 Å². The van der Waals surface area contributed by atoms with Crippen LogP contribution in [0.2, 0.25) is 0 Å². The second kappa shape index (κ2) is 10.4. The van der Waals surface area contributed by atoms with E-state index in [-0.39, 0.29) is 36.2 Å². The van der Waals surface area contributed by atoms with Gasteiger partial charge >= 0.3 is 5.97 Å². The summed E-state index contributed by atoms with van der Waals surface area (Å²) in [5.74, 6) is -0.628. The van der Waals surface area contributed by atoms with Crippen LogP contribution in [0.1, 0.15) is 10.4 Å². The normalized spacial score (nSPS) is 14.4. The molecule has 3 rings (SSSR count). The zero-order chi connectivity index (χ0) is 23.1. The summed E-state index contributed by atoms with van der Waals surface area (Å²) in [6, 6.07) is 10.9. The summed E-state index contributed by atoms with van der Waals surface area (Å²) in [5.41, 5.74) is 1.36. The summed E-state index contributed by atoms with van der Waals surface area (Å²) < 4.78 is 42.5. The van der Waals surface area contributed by atoms with Crippen LogP contribution in [0.4, 0.5) is 11.4 Å². The lowest BCUT2D eigenvalue weighted by Crippen LogP contribution is -2.40. The summed E-state index contributed by atoms with van der Waals surface area (Å²) in [4.78, 5) is 23.8. The number of benzene rings is 2. The number of morpholine rings is 1. The highest BCUT2D eigenvalue weighted by atomic mass is 32.2. The molecule has 0 unspecified atom stereocenters. The van der Waals surface area contributed by atoms with E-state index in [0.717, 1.165) is 0 Å². The van der Waals surface area contributed by atoms with Gasteiger partial charge in [-0.15, -0.1) is 0 Å². The fourth-order valence-corrected chi connectivity index (χ4v) is 4.70. The van der Waals surface area contributed by atoms with E-state index in [0.29, 0.717) is 30.2 Å². The number of carbonyl (C=O) groups is 2. The van der Waals surface area contributed by atoms with Gasteiger partial charge in [0.1, 0.15) is 10.6 Å². The molecule has 11 heteroatoms. The lowest BCUT2D eigenvalue weighted by molar-refractivity contribution is -0.114. The molecule has 32 heavy (non-hydrogen) atoms. The van der Waals surface area contributed by atoms with Gasteiger partial charge in [0.15, 0.2) is 0 Å². The number of nitrogens with zero attached hydrogens (tertiary/aromatic N) is 1. The summed E-state index contributed by atoms with van der Waals surface area (Å²) in [6.07, 6.45) is 0. The molecule has 172 valence electrons. The Bertz CT molecular complexity index is 1070. The number of nitrogens with one attached hydrogen (secondary N) is 2. The molecule has 1 heterocycles. The highest BCUT2D eigenvalue weighted by molar-refractivity contribution is 7.89. The summed E-state index contributed by atoms with van der Waals surface area (Å²) in [5, 5.41) is 5.62. The topological polar surface area (TPSA) is 123 Å². The molecule has 0 saturated carbocycles. The molecule has 0 atom stereocenters. The first-order chi connectivity index (χ1) is 15.3. The monoisotopic (exact) mass is 463 g/mol. The number of esters is 1. The van der Waals surface area contributed by atoms with Gasteiger partial charge in [-0.3, -0.25) is 4.79 Å². The fraction of sp³-hybridized carbons (Fsp3) is 0.333. The van der Waals surface area contributed by atoms with Gasteiger partial charge in [0.05, 0.1) is 39.5 Å². The van der Waals surface area contributed by atoms with Crippen molar-refractivity contribution in [2.45, 2.75) is 4.90 Å². The van der Waals surface area contributed by atoms with E-state index in [1.807, 2.05) is 0 Å². The first-order valence-electron chi connectivity index (χ1n) is 9.83. The van der Waals surface area contributed by atoms with Crippen molar-refractivity contribution in [3.63, 3.8) is 0 Å². The maximum Gasteiger partial charge on any atom is 0.337 e. The molecule has 10 nitrogen and oxygen atoms in total. The maximum absolute atomic E-state index is 13.0. The first-order valence-corrected chi connectivity index (χ1v) is 11.3. The van der Waals surface area contributed by atoms with Crippen molar-refractivity contribution >= 4 is 33.3 Å². The molecule has 1 saturated heterocycles. The van der Waals surface area contributed by atoms with Gasteiger partial charge in [-0.25, -0.2) is 13.2 Å². The number of sulfonamides is 1. The van der Waals surface area contributed by atoms with Crippen LogP contribution in [-0.4, -0.2) is 71.7 Å².